The molecule has 0 aromatic carbocycles. The van der Waals surface area contributed by atoms with Crippen LogP contribution in [-0.2, 0) is 14.8 Å². The Kier molecular flexibility index (Phi) is 4.14. The number of nitrogens with zero attached hydrogens (tertiary/aromatic N) is 2. The molecule has 1 aromatic rings. The fourth-order valence-electron chi connectivity index (χ4n) is 1.99. The van der Waals surface area contributed by atoms with Crippen molar-refractivity contribution in [2.75, 3.05) is 13.1 Å². The fraction of sp³-hybridized carbons (Fsp3) is 0.455. The quantitative estimate of drug-likeness (QED) is 0.785. The predicted octanol–water partition coefficient (Wildman–Crippen LogP) is 1.44. The molecule has 0 spiro atoms. The van der Waals surface area contributed by atoms with Crippen LogP contribution in [0.15, 0.2) is 27.8 Å². The number of piperidine rings is 1. The molecule has 0 saturated carbocycles. The van der Waals surface area contributed by atoms with E-state index in [1.165, 1.54) is 22.8 Å². The van der Waals surface area contributed by atoms with Crippen molar-refractivity contribution in [3.8, 4) is 0 Å². The number of aromatic nitrogens is 1. The number of sulfonamides is 1. The first kappa shape index (κ1) is 13.6. The fourth-order valence-corrected chi connectivity index (χ4v) is 4.03. The van der Waals surface area contributed by atoms with Crippen LogP contribution >= 0.6 is 15.9 Å². The third-order valence-corrected chi connectivity index (χ3v) is 5.19. The summed E-state index contributed by atoms with van der Waals surface area (Å²) in [5.41, 5.74) is 0. The minimum absolute atomic E-state index is 0.156. The van der Waals surface area contributed by atoms with Crippen molar-refractivity contribution in [2.24, 2.45) is 5.92 Å². The number of aldehydes is 1. The zero-order chi connectivity index (χ0) is 13.2. The van der Waals surface area contributed by atoms with Crippen molar-refractivity contribution in [1.82, 2.24) is 9.29 Å². The summed E-state index contributed by atoms with van der Waals surface area (Å²) in [6, 6.07) is 1.52. The molecule has 98 valence electrons. The Bertz CT molecular complexity index is 547. The summed E-state index contributed by atoms with van der Waals surface area (Å²) in [6.45, 7) is 0.720. The highest BCUT2D eigenvalue weighted by molar-refractivity contribution is 9.10. The number of carbonyl (C=O) groups excluding carboxylic acids is 1. The van der Waals surface area contributed by atoms with Gasteiger partial charge in [0, 0.05) is 35.9 Å². The van der Waals surface area contributed by atoms with Crippen molar-refractivity contribution < 1.29 is 13.2 Å². The van der Waals surface area contributed by atoms with Crippen LogP contribution in [-0.4, -0.2) is 37.1 Å². The van der Waals surface area contributed by atoms with Gasteiger partial charge in [-0.05, 0) is 34.8 Å². The Morgan fingerprint density at radius 2 is 2.22 bits per heavy atom. The van der Waals surface area contributed by atoms with E-state index in [-0.39, 0.29) is 17.4 Å². The largest absolute Gasteiger partial charge is 0.303 e. The molecule has 2 rings (SSSR count). The van der Waals surface area contributed by atoms with Gasteiger partial charge in [0.25, 0.3) is 0 Å². The van der Waals surface area contributed by atoms with Gasteiger partial charge in [-0.25, -0.2) is 8.42 Å². The lowest BCUT2D eigenvalue weighted by atomic mass is 10.0. The number of pyridine rings is 1. The van der Waals surface area contributed by atoms with Gasteiger partial charge in [-0.3, -0.25) is 4.98 Å². The molecule has 1 aliphatic rings. The zero-order valence-electron chi connectivity index (χ0n) is 9.62. The average molecular weight is 333 g/mol. The Balaban J connectivity index is 2.28. The van der Waals surface area contributed by atoms with Crippen molar-refractivity contribution in [3.63, 3.8) is 0 Å². The predicted molar refractivity (Wildman–Crippen MR) is 69.5 cm³/mol. The molecular weight excluding hydrogens is 320 g/mol. The molecule has 1 aromatic heterocycles. The second-order valence-corrected chi connectivity index (χ2v) is 7.09. The van der Waals surface area contributed by atoms with Gasteiger partial charge in [-0.1, -0.05) is 0 Å². The van der Waals surface area contributed by atoms with E-state index >= 15 is 0 Å². The standard InChI is InChI=1S/C11H13BrN2O3S/c12-10-4-11(6-13-5-10)18(16,17)14-3-1-2-9(7-14)8-15/h4-6,8-9H,1-3,7H2. The lowest BCUT2D eigenvalue weighted by molar-refractivity contribution is -0.112. The monoisotopic (exact) mass is 332 g/mol. The molecule has 18 heavy (non-hydrogen) atoms. The first-order valence-corrected chi connectivity index (χ1v) is 7.83. The maximum Gasteiger partial charge on any atom is 0.244 e. The normalized spacial score (nSPS) is 21.7. The molecule has 1 atom stereocenters. The summed E-state index contributed by atoms with van der Waals surface area (Å²) in [5, 5.41) is 0. The van der Waals surface area contributed by atoms with E-state index in [1.54, 1.807) is 0 Å². The molecule has 0 aliphatic carbocycles. The Morgan fingerprint density at radius 3 is 2.89 bits per heavy atom. The van der Waals surface area contributed by atoms with Gasteiger partial charge in [0.05, 0.1) is 0 Å². The van der Waals surface area contributed by atoms with Gasteiger partial charge >= 0.3 is 0 Å². The molecule has 2 heterocycles. The van der Waals surface area contributed by atoms with E-state index in [9.17, 15) is 13.2 Å². The van der Waals surface area contributed by atoms with Crippen LogP contribution in [0, 0.1) is 5.92 Å². The average Bonchev–Trinajstić information content (AvgIpc) is 2.39. The molecular formula is C11H13BrN2O3S. The van der Waals surface area contributed by atoms with E-state index in [2.05, 4.69) is 20.9 Å². The van der Waals surface area contributed by atoms with E-state index in [0.717, 1.165) is 12.7 Å². The maximum atomic E-state index is 12.4. The van der Waals surface area contributed by atoms with Crippen LogP contribution < -0.4 is 0 Å². The highest BCUT2D eigenvalue weighted by Crippen LogP contribution is 2.23. The van der Waals surface area contributed by atoms with Crippen LogP contribution in [0.25, 0.3) is 0 Å². The third-order valence-electron chi connectivity index (χ3n) is 2.93. The Morgan fingerprint density at radius 1 is 1.44 bits per heavy atom. The molecule has 1 saturated heterocycles. The number of rotatable bonds is 3. The van der Waals surface area contributed by atoms with Gasteiger partial charge in [0.2, 0.25) is 10.0 Å². The lowest BCUT2D eigenvalue weighted by Gasteiger charge is -2.29. The van der Waals surface area contributed by atoms with Crippen LogP contribution in [0.3, 0.4) is 0 Å². The molecule has 0 N–H and O–H groups in total. The molecule has 7 heteroatoms. The van der Waals surface area contributed by atoms with E-state index in [4.69, 9.17) is 0 Å². The van der Waals surface area contributed by atoms with E-state index < -0.39 is 10.0 Å². The van der Waals surface area contributed by atoms with Crippen LogP contribution in [0.2, 0.25) is 0 Å². The van der Waals surface area contributed by atoms with Crippen LogP contribution in [0.4, 0.5) is 0 Å². The maximum absolute atomic E-state index is 12.4. The van der Waals surface area contributed by atoms with Crippen molar-refractivity contribution in [3.05, 3.63) is 22.9 Å². The van der Waals surface area contributed by atoms with Crippen molar-refractivity contribution in [2.45, 2.75) is 17.7 Å². The minimum Gasteiger partial charge on any atom is -0.303 e. The highest BCUT2D eigenvalue weighted by Gasteiger charge is 2.30. The molecule has 0 amide bonds. The first-order chi connectivity index (χ1) is 8.54. The number of hydrogen-bond acceptors (Lipinski definition) is 4. The summed E-state index contributed by atoms with van der Waals surface area (Å²) >= 11 is 3.20. The Hall–Kier alpha value is -0.790. The molecule has 0 radical (unpaired) electrons. The topological polar surface area (TPSA) is 67.3 Å². The second kappa shape index (κ2) is 5.46. The lowest BCUT2D eigenvalue weighted by Crippen LogP contribution is -2.40. The molecule has 1 unspecified atom stereocenters. The summed E-state index contributed by atoms with van der Waals surface area (Å²) in [6.07, 6.45) is 5.16. The summed E-state index contributed by atoms with van der Waals surface area (Å²) in [7, 11) is -3.55. The first-order valence-electron chi connectivity index (χ1n) is 5.60. The SMILES string of the molecule is O=CC1CCCN(S(=O)(=O)c2cncc(Br)c2)C1. The number of hydrogen-bond donors (Lipinski definition) is 0. The summed E-state index contributed by atoms with van der Waals surface area (Å²) in [5.74, 6) is -0.200. The number of carbonyl (C=O) groups is 1. The van der Waals surface area contributed by atoms with E-state index in [0.29, 0.717) is 17.4 Å². The van der Waals surface area contributed by atoms with Gasteiger partial charge < -0.3 is 4.79 Å². The molecule has 0 bridgehead atoms. The molecule has 1 aliphatic heterocycles. The minimum atomic E-state index is -3.55. The molecule has 1 fully saturated rings. The summed E-state index contributed by atoms with van der Waals surface area (Å²) < 4.78 is 26.7. The van der Waals surface area contributed by atoms with E-state index in [1.807, 2.05) is 0 Å². The van der Waals surface area contributed by atoms with Crippen molar-refractivity contribution >= 4 is 32.2 Å². The van der Waals surface area contributed by atoms with Gasteiger partial charge in [-0.2, -0.15) is 4.31 Å². The second-order valence-electron chi connectivity index (χ2n) is 4.24. The van der Waals surface area contributed by atoms with Crippen LogP contribution in [0.1, 0.15) is 12.8 Å². The van der Waals surface area contributed by atoms with Gasteiger partial charge in [0.15, 0.2) is 0 Å². The van der Waals surface area contributed by atoms with Crippen LogP contribution in [0.5, 0.6) is 0 Å². The highest BCUT2D eigenvalue weighted by atomic mass is 79.9. The Labute approximate surface area is 114 Å². The summed E-state index contributed by atoms with van der Waals surface area (Å²) in [4.78, 5) is 14.8. The molecule has 5 nitrogen and oxygen atoms in total. The number of halogens is 1. The van der Waals surface area contributed by atoms with Gasteiger partial charge in [0.1, 0.15) is 11.2 Å². The smallest absolute Gasteiger partial charge is 0.244 e. The zero-order valence-corrected chi connectivity index (χ0v) is 12.0. The third kappa shape index (κ3) is 2.78. The van der Waals surface area contributed by atoms with Gasteiger partial charge in [-0.15, -0.1) is 0 Å². The van der Waals surface area contributed by atoms with Crippen molar-refractivity contribution in [1.29, 1.82) is 0 Å².